The molecule has 0 amide bonds. The summed E-state index contributed by atoms with van der Waals surface area (Å²) in [6, 6.07) is 7.63. The summed E-state index contributed by atoms with van der Waals surface area (Å²) < 4.78 is 9.29. The smallest absolute Gasteiger partial charge is 0.180 e. The first kappa shape index (κ1) is 18.1. The SMILES string of the molecule is CC(C)Oc1ccc2nn(C)c(-c3nccc(-n4cc(CCO)cn4)n3)c2c1. The monoisotopic (exact) mass is 378 g/mol. The summed E-state index contributed by atoms with van der Waals surface area (Å²) in [7, 11) is 1.88. The van der Waals surface area contributed by atoms with Crippen LogP contribution in [0.5, 0.6) is 5.75 Å². The molecule has 0 spiro atoms. The highest BCUT2D eigenvalue weighted by molar-refractivity contribution is 5.92. The number of nitrogens with zero attached hydrogens (tertiary/aromatic N) is 6. The lowest BCUT2D eigenvalue weighted by molar-refractivity contribution is 0.243. The largest absolute Gasteiger partial charge is 0.491 e. The van der Waals surface area contributed by atoms with Crippen LogP contribution in [-0.4, -0.2) is 47.3 Å². The molecule has 0 aliphatic rings. The fourth-order valence-corrected chi connectivity index (χ4v) is 3.12. The lowest BCUT2D eigenvalue weighted by atomic mass is 10.2. The molecule has 8 heteroatoms. The Kier molecular flexibility index (Phi) is 4.79. The van der Waals surface area contributed by atoms with E-state index in [1.165, 1.54) is 0 Å². The van der Waals surface area contributed by atoms with E-state index in [1.54, 1.807) is 27.8 Å². The third-order valence-corrected chi connectivity index (χ3v) is 4.30. The molecule has 8 nitrogen and oxygen atoms in total. The number of aryl methyl sites for hydroxylation is 1. The summed E-state index contributed by atoms with van der Waals surface area (Å²) in [5, 5.41) is 18.9. The first-order chi connectivity index (χ1) is 13.5. The highest BCUT2D eigenvalue weighted by Gasteiger charge is 2.16. The topological polar surface area (TPSA) is 90.9 Å². The molecule has 4 rings (SSSR count). The number of fused-ring (bicyclic) bond motifs is 1. The summed E-state index contributed by atoms with van der Waals surface area (Å²) in [5.41, 5.74) is 2.62. The molecule has 0 atom stereocenters. The van der Waals surface area contributed by atoms with Crippen molar-refractivity contribution in [1.82, 2.24) is 29.5 Å². The van der Waals surface area contributed by atoms with Crippen LogP contribution in [0.4, 0.5) is 0 Å². The van der Waals surface area contributed by atoms with Gasteiger partial charge in [-0.2, -0.15) is 10.2 Å². The molecule has 0 bridgehead atoms. The molecule has 0 radical (unpaired) electrons. The van der Waals surface area contributed by atoms with Crippen molar-refractivity contribution in [2.24, 2.45) is 7.05 Å². The number of rotatable bonds is 6. The molecular weight excluding hydrogens is 356 g/mol. The molecule has 0 saturated heterocycles. The van der Waals surface area contributed by atoms with Crippen LogP contribution in [-0.2, 0) is 13.5 Å². The minimum Gasteiger partial charge on any atom is -0.491 e. The van der Waals surface area contributed by atoms with Gasteiger partial charge in [0.2, 0.25) is 0 Å². The van der Waals surface area contributed by atoms with Crippen LogP contribution in [0.15, 0.2) is 42.9 Å². The van der Waals surface area contributed by atoms with Crippen molar-refractivity contribution in [1.29, 1.82) is 0 Å². The van der Waals surface area contributed by atoms with Crippen molar-refractivity contribution in [3.05, 3.63) is 48.4 Å². The average Bonchev–Trinajstić information content (AvgIpc) is 3.25. The minimum absolute atomic E-state index is 0.0858. The minimum atomic E-state index is 0.0858. The zero-order chi connectivity index (χ0) is 19.7. The Morgan fingerprint density at radius 3 is 2.86 bits per heavy atom. The van der Waals surface area contributed by atoms with E-state index in [0.29, 0.717) is 18.1 Å². The zero-order valence-electron chi connectivity index (χ0n) is 16.1. The van der Waals surface area contributed by atoms with Crippen molar-refractivity contribution in [2.75, 3.05) is 6.61 Å². The summed E-state index contributed by atoms with van der Waals surface area (Å²) in [6.45, 7) is 4.08. The van der Waals surface area contributed by atoms with Crippen molar-refractivity contribution in [3.8, 4) is 23.1 Å². The van der Waals surface area contributed by atoms with Crippen LogP contribution in [0.2, 0.25) is 0 Å². The number of hydrogen-bond acceptors (Lipinski definition) is 6. The summed E-state index contributed by atoms with van der Waals surface area (Å²) in [6.07, 6.45) is 5.94. The average molecular weight is 378 g/mol. The lowest BCUT2D eigenvalue weighted by Crippen LogP contribution is -2.05. The fourth-order valence-electron chi connectivity index (χ4n) is 3.12. The molecule has 0 aliphatic carbocycles. The molecule has 0 aliphatic heterocycles. The molecule has 28 heavy (non-hydrogen) atoms. The first-order valence-electron chi connectivity index (χ1n) is 9.17. The van der Waals surface area contributed by atoms with E-state index < -0.39 is 0 Å². The van der Waals surface area contributed by atoms with Gasteiger partial charge in [0.25, 0.3) is 0 Å². The number of aliphatic hydroxyl groups is 1. The van der Waals surface area contributed by atoms with Crippen LogP contribution in [0.3, 0.4) is 0 Å². The molecule has 0 saturated carbocycles. The maximum absolute atomic E-state index is 9.09. The molecule has 0 fully saturated rings. The molecular formula is C20H22N6O2. The van der Waals surface area contributed by atoms with Crippen LogP contribution < -0.4 is 4.74 Å². The van der Waals surface area contributed by atoms with Crippen molar-refractivity contribution >= 4 is 10.9 Å². The van der Waals surface area contributed by atoms with E-state index in [2.05, 4.69) is 20.2 Å². The van der Waals surface area contributed by atoms with Gasteiger partial charge in [-0.25, -0.2) is 14.6 Å². The Morgan fingerprint density at radius 1 is 1.21 bits per heavy atom. The van der Waals surface area contributed by atoms with Crippen molar-refractivity contribution in [3.63, 3.8) is 0 Å². The highest BCUT2D eigenvalue weighted by Crippen LogP contribution is 2.29. The second kappa shape index (κ2) is 7.40. The fraction of sp³-hybridized carbons (Fsp3) is 0.300. The Bertz CT molecular complexity index is 1120. The number of hydrogen-bond donors (Lipinski definition) is 1. The van der Waals surface area contributed by atoms with E-state index in [0.717, 1.165) is 27.9 Å². The third kappa shape index (κ3) is 3.46. The summed E-state index contributed by atoms with van der Waals surface area (Å²) in [5.74, 6) is 2.00. The molecule has 144 valence electrons. The number of aliphatic hydroxyl groups excluding tert-OH is 1. The standard InChI is InChI=1S/C20H22N6O2/c1-13(2)28-15-4-5-17-16(10-15)19(25(3)24-17)20-21-8-6-18(23-20)26-12-14(7-9-27)11-22-26/h4-6,8,10-13,27H,7,9H2,1-3H3. The predicted molar refractivity (Wildman–Crippen MR) is 105 cm³/mol. The van der Waals surface area contributed by atoms with Gasteiger partial charge in [-0.1, -0.05) is 0 Å². The maximum Gasteiger partial charge on any atom is 0.180 e. The molecule has 1 aromatic carbocycles. The van der Waals surface area contributed by atoms with E-state index in [-0.39, 0.29) is 12.7 Å². The third-order valence-electron chi connectivity index (χ3n) is 4.30. The zero-order valence-corrected chi connectivity index (χ0v) is 16.1. The molecule has 0 unspecified atom stereocenters. The van der Waals surface area contributed by atoms with Gasteiger partial charge in [0.15, 0.2) is 11.6 Å². The quantitative estimate of drug-likeness (QED) is 0.554. The van der Waals surface area contributed by atoms with E-state index in [4.69, 9.17) is 9.84 Å². The van der Waals surface area contributed by atoms with E-state index in [1.807, 2.05) is 45.3 Å². The van der Waals surface area contributed by atoms with Crippen LogP contribution >= 0.6 is 0 Å². The highest BCUT2D eigenvalue weighted by atomic mass is 16.5. The van der Waals surface area contributed by atoms with Gasteiger partial charge in [-0.05, 0) is 44.0 Å². The second-order valence-corrected chi connectivity index (χ2v) is 6.82. The van der Waals surface area contributed by atoms with Gasteiger partial charge < -0.3 is 9.84 Å². The van der Waals surface area contributed by atoms with Crippen molar-refractivity contribution in [2.45, 2.75) is 26.4 Å². The predicted octanol–water partition coefficient (Wildman–Crippen LogP) is 2.54. The van der Waals surface area contributed by atoms with E-state index >= 15 is 0 Å². The van der Waals surface area contributed by atoms with Crippen LogP contribution in [0.1, 0.15) is 19.4 Å². The van der Waals surface area contributed by atoms with Gasteiger partial charge in [0.1, 0.15) is 11.4 Å². The molecule has 1 N–H and O–H groups in total. The number of benzene rings is 1. The Labute approximate surface area is 162 Å². The van der Waals surface area contributed by atoms with Gasteiger partial charge in [-0.3, -0.25) is 4.68 Å². The van der Waals surface area contributed by atoms with Crippen LogP contribution in [0, 0.1) is 0 Å². The Morgan fingerprint density at radius 2 is 2.07 bits per heavy atom. The van der Waals surface area contributed by atoms with Gasteiger partial charge in [0.05, 0.1) is 17.8 Å². The molecule has 3 heterocycles. The Hall–Kier alpha value is -3.26. The second-order valence-electron chi connectivity index (χ2n) is 6.82. The lowest BCUT2D eigenvalue weighted by Gasteiger charge is -2.09. The molecule has 4 aromatic rings. The number of ether oxygens (including phenoxy) is 1. The summed E-state index contributed by atoms with van der Waals surface area (Å²) >= 11 is 0. The molecule has 3 aromatic heterocycles. The normalized spacial score (nSPS) is 11.5. The van der Waals surface area contributed by atoms with Crippen LogP contribution in [0.25, 0.3) is 28.2 Å². The van der Waals surface area contributed by atoms with Gasteiger partial charge >= 0.3 is 0 Å². The first-order valence-corrected chi connectivity index (χ1v) is 9.17. The summed E-state index contributed by atoms with van der Waals surface area (Å²) in [4.78, 5) is 9.14. The van der Waals surface area contributed by atoms with Gasteiger partial charge in [0, 0.05) is 37.5 Å². The number of aromatic nitrogens is 6. The van der Waals surface area contributed by atoms with Gasteiger partial charge in [-0.15, -0.1) is 0 Å². The Balaban J connectivity index is 1.78. The van der Waals surface area contributed by atoms with Crippen molar-refractivity contribution < 1.29 is 9.84 Å². The maximum atomic E-state index is 9.09. The van der Waals surface area contributed by atoms with E-state index in [9.17, 15) is 0 Å².